The molecule has 0 nitrogen and oxygen atoms in total. The summed E-state index contributed by atoms with van der Waals surface area (Å²) in [6.07, 6.45) is -4.28. The molecule has 2 rings (SSSR count). The fourth-order valence-electron chi connectivity index (χ4n) is 1.91. The average Bonchev–Trinajstić information content (AvgIpc) is 2.28. The van der Waals surface area contributed by atoms with Gasteiger partial charge in [0, 0.05) is 0 Å². The quantitative estimate of drug-likeness (QED) is 0.669. The minimum atomic E-state index is -4.28. The molecule has 0 aliphatic carbocycles. The lowest BCUT2D eigenvalue weighted by Crippen LogP contribution is -2.07. The van der Waals surface area contributed by atoms with Gasteiger partial charge in [-0.25, -0.2) is 0 Å². The van der Waals surface area contributed by atoms with Crippen molar-refractivity contribution in [2.45, 2.75) is 20.0 Å². The zero-order valence-corrected chi connectivity index (χ0v) is 10.2. The second kappa shape index (κ2) is 4.48. The Morgan fingerprint density at radius 1 is 0.778 bits per heavy atom. The molecule has 94 valence electrons. The smallest absolute Gasteiger partial charge is 0.166 e. The van der Waals surface area contributed by atoms with Crippen molar-refractivity contribution >= 4 is 0 Å². The molecule has 18 heavy (non-hydrogen) atoms. The van der Waals surface area contributed by atoms with E-state index in [1.807, 2.05) is 31.2 Å². The molecule has 0 atom stereocenters. The highest BCUT2D eigenvalue weighted by Gasteiger charge is 2.32. The molecule has 0 amide bonds. The van der Waals surface area contributed by atoms with Crippen molar-refractivity contribution < 1.29 is 13.2 Å². The van der Waals surface area contributed by atoms with Gasteiger partial charge in [-0.2, -0.15) is 13.2 Å². The molecule has 0 spiro atoms. The van der Waals surface area contributed by atoms with Crippen LogP contribution in [0.3, 0.4) is 0 Å². The Labute approximate surface area is 104 Å². The first-order valence-electron chi connectivity index (χ1n) is 5.63. The first-order valence-corrected chi connectivity index (χ1v) is 5.63. The van der Waals surface area contributed by atoms with Gasteiger partial charge >= 0.3 is 6.18 Å². The van der Waals surface area contributed by atoms with Crippen LogP contribution >= 0.6 is 0 Å². The third-order valence-electron chi connectivity index (χ3n) is 2.92. The molecule has 0 heterocycles. The standard InChI is InChI=1S/C15H13F3/c1-10-3-5-12(6-4-10)13-7-8-14(11(2)9-13)15(16,17)18/h3-9H,1-2H3. The fraction of sp³-hybridized carbons (Fsp3) is 0.200. The van der Waals surface area contributed by atoms with Crippen LogP contribution in [0.15, 0.2) is 42.5 Å². The molecular formula is C15H13F3. The van der Waals surface area contributed by atoms with Crippen LogP contribution in [0.4, 0.5) is 13.2 Å². The summed E-state index contributed by atoms with van der Waals surface area (Å²) < 4.78 is 37.9. The van der Waals surface area contributed by atoms with E-state index >= 15 is 0 Å². The highest BCUT2D eigenvalue weighted by atomic mass is 19.4. The fourth-order valence-corrected chi connectivity index (χ4v) is 1.91. The van der Waals surface area contributed by atoms with Crippen LogP contribution in [0.25, 0.3) is 11.1 Å². The summed E-state index contributed by atoms with van der Waals surface area (Å²) in [5.74, 6) is 0. The lowest BCUT2D eigenvalue weighted by molar-refractivity contribution is -0.138. The summed E-state index contributed by atoms with van der Waals surface area (Å²) in [5.41, 5.74) is 2.54. The second-order valence-corrected chi connectivity index (χ2v) is 4.39. The first kappa shape index (κ1) is 12.7. The van der Waals surface area contributed by atoms with Gasteiger partial charge in [-0.1, -0.05) is 42.0 Å². The number of hydrogen-bond acceptors (Lipinski definition) is 0. The topological polar surface area (TPSA) is 0 Å². The summed E-state index contributed by atoms with van der Waals surface area (Å²) in [6.45, 7) is 3.46. The minimum absolute atomic E-state index is 0.251. The van der Waals surface area contributed by atoms with Gasteiger partial charge in [0.2, 0.25) is 0 Å². The van der Waals surface area contributed by atoms with E-state index in [1.54, 1.807) is 6.07 Å². The second-order valence-electron chi connectivity index (χ2n) is 4.39. The van der Waals surface area contributed by atoms with Gasteiger partial charge in [0.15, 0.2) is 0 Å². The van der Waals surface area contributed by atoms with Gasteiger partial charge in [-0.05, 0) is 36.6 Å². The molecule has 2 aromatic carbocycles. The SMILES string of the molecule is Cc1ccc(-c2ccc(C(F)(F)F)c(C)c2)cc1. The maximum Gasteiger partial charge on any atom is 0.416 e. The molecule has 2 aromatic rings. The van der Waals surface area contributed by atoms with E-state index in [2.05, 4.69) is 0 Å². The number of halogens is 3. The minimum Gasteiger partial charge on any atom is -0.166 e. The van der Waals surface area contributed by atoms with Crippen LogP contribution in [-0.2, 0) is 6.18 Å². The number of benzene rings is 2. The van der Waals surface area contributed by atoms with Crippen molar-refractivity contribution in [2.75, 3.05) is 0 Å². The van der Waals surface area contributed by atoms with Gasteiger partial charge in [-0.15, -0.1) is 0 Å². The van der Waals surface area contributed by atoms with Gasteiger partial charge in [-0.3, -0.25) is 0 Å². The van der Waals surface area contributed by atoms with Crippen LogP contribution in [0.1, 0.15) is 16.7 Å². The number of rotatable bonds is 1. The Bertz CT molecular complexity index is 551. The lowest BCUT2D eigenvalue weighted by Gasteiger charge is -2.11. The summed E-state index contributed by atoms with van der Waals surface area (Å²) in [4.78, 5) is 0. The third kappa shape index (κ3) is 2.55. The molecule has 3 heteroatoms. The van der Waals surface area contributed by atoms with Gasteiger partial charge in [0.1, 0.15) is 0 Å². The summed E-state index contributed by atoms with van der Waals surface area (Å²) in [7, 11) is 0. The summed E-state index contributed by atoms with van der Waals surface area (Å²) in [6, 6.07) is 12.0. The zero-order valence-electron chi connectivity index (χ0n) is 10.2. The normalized spacial score (nSPS) is 11.6. The van der Waals surface area contributed by atoms with E-state index in [0.29, 0.717) is 0 Å². The molecule has 0 fully saturated rings. The third-order valence-corrected chi connectivity index (χ3v) is 2.92. The van der Waals surface area contributed by atoms with E-state index in [0.717, 1.165) is 22.8 Å². The highest BCUT2D eigenvalue weighted by Crippen LogP contribution is 2.33. The van der Waals surface area contributed by atoms with E-state index in [9.17, 15) is 13.2 Å². The Hall–Kier alpha value is -1.77. The summed E-state index contributed by atoms with van der Waals surface area (Å²) >= 11 is 0. The molecule has 0 aromatic heterocycles. The van der Waals surface area contributed by atoms with Crippen LogP contribution in [0, 0.1) is 13.8 Å². The monoisotopic (exact) mass is 250 g/mol. The van der Waals surface area contributed by atoms with E-state index < -0.39 is 11.7 Å². The van der Waals surface area contributed by atoms with Crippen LogP contribution in [0.5, 0.6) is 0 Å². The molecule has 0 saturated heterocycles. The van der Waals surface area contributed by atoms with Crippen LogP contribution < -0.4 is 0 Å². The van der Waals surface area contributed by atoms with Crippen molar-refractivity contribution in [1.29, 1.82) is 0 Å². The molecule has 0 unspecified atom stereocenters. The maximum atomic E-state index is 12.6. The molecule has 0 aliphatic rings. The van der Waals surface area contributed by atoms with Crippen LogP contribution in [-0.4, -0.2) is 0 Å². The van der Waals surface area contributed by atoms with Crippen LogP contribution in [0.2, 0.25) is 0 Å². The molecule has 0 N–H and O–H groups in total. The Balaban J connectivity index is 2.43. The Morgan fingerprint density at radius 2 is 1.33 bits per heavy atom. The maximum absolute atomic E-state index is 12.6. The molecule has 0 aliphatic heterocycles. The van der Waals surface area contributed by atoms with Crippen molar-refractivity contribution in [3.63, 3.8) is 0 Å². The zero-order chi connectivity index (χ0) is 13.3. The van der Waals surface area contributed by atoms with E-state index in [4.69, 9.17) is 0 Å². The largest absolute Gasteiger partial charge is 0.416 e. The number of alkyl halides is 3. The van der Waals surface area contributed by atoms with Crippen molar-refractivity contribution in [3.05, 3.63) is 59.2 Å². The predicted octanol–water partition coefficient (Wildman–Crippen LogP) is 4.99. The highest BCUT2D eigenvalue weighted by molar-refractivity contribution is 5.65. The molecular weight excluding hydrogens is 237 g/mol. The average molecular weight is 250 g/mol. The predicted molar refractivity (Wildman–Crippen MR) is 66.4 cm³/mol. The van der Waals surface area contributed by atoms with Crippen molar-refractivity contribution in [1.82, 2.24) is 0 Å². The Morgan fingerprint density at radius 3 is 1.83 bits per heavy atom. The number of aryl methyl sites for hydroxylation is 2. The number of hydrogen-bond donors (Lipinski definition) is 0. The lowest BCUT2D eigenvalue weighted by atomic mass is 9.99. The van der Waals surface area contributed by atoms with Gasteiger partial charge in [0.25, 0.3) is 0 Å². The van der Waals surface area contributed by atoms with Crippen molar-refractivity contribution in [2.24, 2.45) is 0 Å². The molecule has 0 saturated carbocycles. The van der Waals surface area contributed by atoms with E-state index in [-0.39, 0.29) is 5.56 Å². The van der Waals surface area contributed by atoms with Gasteiger partial charge < -0.3 is 0 Å². The molecule has 0 radical (unpaired) electrons. The molecule has 0 bridgehead atoms. The summed E-state index contributed by atoms with van der Waals surface area (Å²) in [5, 5.41) is 0. The van der Waals surface area contributed by atoms with E-state index in [1.165, 1.54) is 13.0 Å². The van der Waals surface area contributed by atoms with Gasteiger partial charge in [0.05, 0.1) is 5.56 Å². The first-order chi connectivity index (χ1) is 8.38. The van der Waals surface area contributed by atoms with Crippen molar-refractivity contribution in [3.8, 4) is 11.1 Å². The Kier molecular flexibility index (Phi) is 3.16.